The third-order valence-electron chi connectivity index (χ3n) is 2.67. The SMILES string of the molecule is C/C(=C\CC(C)(C)C)c1cccc(C(F)(F)F)c1. The second-order valence-electron chi connectivity index (χ2n) is 5.73. The quantitative estimate of drug-likeness (QED) is 0.651. The van der Waals surface area contributed by atoms with Crippen LogP contribution in [0.3, 0.4) is 0 Å². The average Bonchev–Trinajstić information content (AvgIpc) is 2.24. The van der Waals surface area contributed by atoms with Gasteiger partial charge in [0.1, 0.15) is 0 Å². The van der Waals surface area contributed by atoms with Crippen LogP contribution in [0.1, 0.15) is 45.2 Å². The molecule has 0 bridgehead atoms. The first-order chi connectivity index (χ1) is 8.09. The molecule has 0 heterocycles. The van der Waals surface area contributed by atoms with Crippen molar-refractivity contribution in [2.45, 2.75) is 40.3 Å². The van der Waals surface area contributed by atoms with Gasteiger partial charge in [-0.2, -0.15) is 13.2 Å². The van der Waals surface area contributed by atoms with Crippen LogP contribution in [0.2, 0.25) is 0 Å². The van der Waals surface area contributed by atoms with E-state index in [2.05, 4.69) is 20.8 Å². The predicted octanol–water partition coefficient (Wildman–Crippen LogP) is 5.54. The van der Waals surface area contributed by atoms with Gasteiger partial charge in [0, 0.05) is 0 Å². The summed E-state index contributed by atoms with van der Waals surface area (Å²) in [7, 11) is 0. The molecule has 0 saturated heterocycles. The minimum Gasteiger partial charge on any atom is -0.166 e. The lowest BCUT2D eigenvalue weighted by Crippen LogP contribution is -2.05. The highest BCUT2D eigenvalue weighted by molar-refractivity contribution is 5.64. The van der Waals surface area contributed by atoms with Crippen LogP contribution in [-0.4, -0.2) is 0 Å². The first kappa shape index (κ1) is 14.8. The molecule has 0 N–H and O–H groups in total. The van der Waals surface area contributed by atoms with E-state index >= 15 is 0 Å². The van der Waals surface area contributed by atoms with E-state index < -0.39 is 11.7 Å². The molecule has 3 heteroatoms. The molecule has 0 atom stereocenters. The molecule has 1 aromatic rings. The molecule has 1 aromatic carbocycles. The molecule has 0 aliphatic heterocycles. The topological polar surface area (TPSA) is 0 Å². The highest BCUT2D eigenvalue weighted by atomic mass is 19.4. The van der Waals surface area contributed by atoms with Crippen LogP contribution >= 0.6 is 0 Å². The molecule has 0 saturated carbocycles. The molecule has 0 aromatic heterocycles. The van der Waals surface area contributed by atoms with Crippen molar-refractivity contribution < 1.29 is 13.2 Å². The summed E-state index contributed by atoms with van der Waals surface area (Å²) in [4.78, 5) is 0. The molecule has 0 amide bonds. The molecule has 18 heavy (non-hydrogen) atoms. The van der Waals surface area contributed by atoms with E-state index in [4.69, 9.17) is 0 Å². The van der Waals surface area contributed by atoms with Gasteiger partial charge >= 0.3 is 6.18 Å². The lowest BCUT2D eigenvalue weighted by atomic mass is 9.90. The number of halogens is 3. The largest absolute Gasteiger partial charge is 0.416 e. The van der Waals surface area contributed by atoms with Gasteiger partial charge in [0.2, 0.25) is 0 Å². The van der Waals surface area contributed by atoms with E-state index in [-0.39, 0.29) is 5.41 Å². The zero-order chi connectivity index (χ0) is 14.0. The standard InChI is InChI=1S/C15H19F3/c1-11(8-9-14(2,3)4)12-6-5-7-13(10-12)15(16,17)18/h5-8,10H,9H2,1-4H3/b11-8+. The maximum atomic E-state index is 12.6. The molecule has 100 valence electrons. The van der Waals surface area contributed by atoms with Crippen molar-refractivity contribution in [1.29, 1.82) is 0 Å². The molecule has 0 unspecified atom stereocenters. The van der Waals surface area contributed by atoms with Gasteiger partial charge in [-0.05, 0) is 42.0 Å². The maximum absolute atomic E-state index is 12.6. The molecule has 0 fully saturated rings. The third-order valence-corrected chi connectivity index (χ3v) is 2.67. The monoisotopic (exact) mass is 256 g/mol. The second-order valence-corrected chi connectivity index (χ2v) is 5.73. The summed E-state index contributed by atoms with van der Waals surface area (Å²) in [6, 6.07) is 5.46. The van der Waals surface area contributed by atoms with Crippen LogP contribution in [-0.2, 0) is 6.18 Å². The Balaban J connectivity index is 2.97. The van der Waals surface area contributed by atoms with Crippen LogP contribution in [0.5, 0.6) is 0 Å². The number of rotatable bonds is 2. The molecule has 0 spiro atoms. The molecule has 0 aliphatic carbocycles. The van der Waals surface area contributed by atoms with Gasteiger partial charge in [-0.15, -0.1) is 0 Å². The zero-order valence-corrected chi connectivity index (χ0v) is 11.2. The normalized spacial score (nSPS) is 13.8. The van der Waals surface area contributed by atoms with E-state index in [0.717, 1.165) is 18.1 Å². The summed E-state index contributed by atoms with van der Waals surface area (Å²) < 4.78 is 37.8. The summed E-state index contributed by atoms with van der Waals surface area (Å²) in [5.41, 5.74) is 1.07. The van der Waals surface area contributed by atoms with Crippen molar-refractivity contribution in [3.63, 3.8) is 0 Å². The van der Waals surface area contributed by atoms with Crippen LogP contribution < -0.4 is 0 Å². The summed E-state index contributed by atoms with van der Waals surface area (Å²) in [6.45, 7) is 8.15. The number of benzene rings is 1. The smallest absolute Gasteiger partial charge is 0.166 e. The first-order valence-corrected chi connectivity index (χ1v) is 5.94. The van der Waals surface area contributed by atoms with Crippen molar-refractivity contribution in [3.05, 3.63) is 41.5 Å². The van der Waals surface area contributed by atoms with Gasteiger partial charge in [0.15, 0.2) is 0 Å². The third kappa shape index (κ3) is 4.55. The van der Waals surface area contributed by atoms with Gasteiger partial charge in [-0.1, -0.05) is 39.0 Å². The van der Waals surface area contributed by atoms with Gasteiger partial charge in [-0.3, -0.25) is 0 Å². The Morgan fingerprint density at radius 1 is 1.17 bits per heavy atom. The van der Waals surface area contributed by atoms with Crippen molar-refractivity contribution in [2.75, 3.05) is 0 Å². The molecule has 0 nitrogen and oxygen atoms in total. The van der Waals surface area contributed by atoms with E-state index in [0.29, 0.717) is 5.56 Å². The number of hydrogen-bond donors (Lipinski definition) is 0. The summed E-state index contributed by atoms with van der Waals surface area (Å²) >= 11 is 0. The lowest BCUT2D eigenvalue weighted by molar-refractivity contribution is -0.137. The number of allylic oxidation sites excluding steroid dienone is 2. The van der Waals surface area contributed by atoms with E-state index in [1.165, 1.54) is 12.1 Å². The summed E-state index contributed by atoms with van der Waals surface area (Å²) in [5.74, 6) is 0. The fourth-order valence-electron chi connectivity index (χ4n) is 1.52. The van der Waals surface area contributed by atoms with Crippen molar-refractivity contribution in [2.24, 2.45) is 5.41 Å². The number of hydrogen-bond acceptors (Lipinski definition) is 0. The van der Waals surface area contributed by atoms with Crippen LogP contribution in [0.4, 0.5) is 13.2 Å². The molecule has 0 radical (unpaired) electrons. The van der Waals surface area contributed by atoms with Crippen molar-refractivity contribution in [3.8, 4) is 0 Å². The predicted molar refractivity (Wildman–Crippen MR) is 69.2 cm³/mol. The Labute approximate surface area is 107 Å². The zero-order valence-electron chi connectivity index (χ0n) is 11.2. The Bertz CT molecular complexity index is 434. The minimum absolute atomic E-state index is 0.142. The van der Waals surface area contributed by atoms with Crippen molar-refractivity contribution >= 4 is 5.57 Å². The number of alkyl halides is 3. The Hall–Kier alpha value is -1.25. The van der Waals surface area contributed by atoms with E-state index in [9.17, 15) is 13.2 Å². The maximum Gasteiger partial charge on any atom is 0.416 e. The van der Waals surface area contributed by atoms with Crippen LogP contribution in [0.25, 0.3) is 5.57 Å². The highest BCUT2D eigenvalue weighted by Gasteiger charge is 2.30. The van der Waals surface area contributed by atoms with Gasteiger partial charge in [0.05, 0.1) is 5.56 Å². The van der Waals surface area contributed by atoms with Gasteiger partial charge < -0.3 is 0 Å². The highest BCUT2D eigenvalue weighted by Crippen LogP contribution is 2.31. The van der Waals surface area contributed by atoms with Crippen LogP contribution in [0, 0.1) is 5.41 Å². The second kappa shape index (κ2) is 5.17. The molecular formula is C15H19F3. The molecular weight excluding hydrogens is 237 g/mol. The van der Waals surface area contributed by atoms with Gasteiger partial charge in [0.25, 0.3) is 0 Å². The Morgan fingerprint density at radius 2 is 1.78 bits per heavy atom. The summed E-state index contributed by atoms with van der Waals surface area (Å²) in [5, 5.41) is 0. The molecule has 0 aliphatic rings. The minimum atomic E-state index is -4.28. The Kier molecular flexibility index (Phi) is 4.25. The van der Waals surface area contributed by atoms with E-state index in [1.54, 1.807) is 6.07 Å². The average molecular weight is 256 g/mol. The fourth-order valence-corrected chi connectivity index (χ4v) is 1.52. The Morgan fingerprint density at radius 3 is 2.28 bits per heavy atom. The first-order valence-electron chi connectivity index (χ1n) is 5.94. The lowest BCUT2D eigenvalue weighted by Gasteiger charge is -2.16. The van der Waals surface area contributed by atoms with Crippen molar-refractivity contribution in [1.82, 2.24) is 0 Å². The van der Waals surface area contributed by atoms with Crippen LogP contribution in [0.15, 0.2) is 30.3 Å². The summed E-state index contributed by atoms with van der Waals surface area (Å²) in [6.07, 6.45) is -1.44. The fraction of sp³-hybridized carbons (Fsp3) is 0.467. The molecule has 1 rings (SSSR count). The van der Waals surface area contributed by atoms with Gasteiger partial charge in [-0.25, -0.2) is 0 Å². The van der Waals surface area contributed by atoms with E-state index in [1.807, 2.05) is 13.0 Å².